The quantitative estimate of drug-likeness (QED) is 0.890. The van der Waals surface area contributed by atoms with Gasteiger partial charge in [0.25, 0.3) is 0 Å². The Balaban J connectivity index is 1.28. The first-order chi connectivity index (χ1) is 12.7. The van der Waals surface area contributed by atoms with Crippen LogP contribution in [0.15, 0.2) is 54.9 Å². The van der Waals surface area contributed by atoms with Crippen LogP contribution >= 0.6 is 0 Å². The van der Waals surface area contributed by atoms with Gasteiger partial charge in [-0.25, -0.2) is 4.79 Å². The number of aromatic nitrogens is 1. The van der Waals surface area contributed by atoms with E-state index in [9.17, 15) is 9.59 Å². The van der Waals surface area contributed by atoms with Crippen molar-refractivity contribution in [3.63, 3.8) is 0 Å². The number of amides is 3. The number of anilines is 1. The van der Waals surface area contributed by atoms with Crippen molar-refractivity contribution in [1.29, 1.82) is 0 Å². The number of urea groups is 1. The van der Waals surface area contributed by atoms with E-state index < -0.39 is 0 Å². The Bertz CT molecular complexity index is 796. The fourth-order valence-electron chi connectivity index (χ4n) is 3.79. The van der Waals surface area contributed by atoms with E-state index in [4.69, 9.17) is 0 Å². The van der Waals surface area contributed by atoms with Crippen molar-refractivity contribution < 1.29 is 9.59 Å². The minimum absolute atomic E-state index is 0.0189. The maximum Gasteiger partial charge on any atom is 0.317 e. The topological polar surface area (TPSA) is 74.3 Å². The molecule has 2 atom stereocenters. The first-order valence-corrected chi connectivity index (χ1v) is 8.94. The van der Waals surface area contributed by atoms with Crippen LogP contribution in [0.4, 0.5) is 10.5 Å². The summed E-state index contributed by atoms with van der Waals surface area (Å²) >= 11 is 0. The van der Waals surface area contributed by atoms with Crippen LogP contribution in [0.5, 0.6) is 0 Å². The largest absolute Gasteiger partial charge is 0.334 e. The fraction of sp³-hybridized carbons (Fsp3) is 0.350. The molecule has 1 aromatic heterocycles. The summed E-state index contributed by atoms with van der Waals surface area (Å²) in [6.45, 7) is 1.88. The van der Waals surface area contributed by atoms with E-state index in [1.54, 1.807) is 18.5 Å². The second-order valence-electron chi connectivity index (χ2n) is 7.17. The van der Waals surface area contributed by atoms with Crippen molar-refractivity contribution in [2.24, 2.45) is 11.3 Å². The molecule has 3 amide bonds. The van der Waals surface area contributed by atoms with Gasteiger partial charge in [-0.2, -0.15) is 0 Å². The minimum Gasteiger partial charge on any atom is -0.334 e. The molecule has 0 unspecified atom stereocenters. The van der Waals surface area contributed by atoms with Gasteiger partial charge in [0.05, 0.1) is 11.9 Å². The molecule has 1 spiro atoms. The van der Waals surface area contributed by atoms with Crippen molar-refractivity contribution in [2.45, 2.75) is 19.4 Å². The Morgan fingerprint density at radius 3 is 2.81 bits per heavy atom. The zero-order valence-electron chi connectivity index (χ0n) is 14.5. The maximum atomic E-state index is 12.5. The number of carbonyl (C=O) groups excluding carboxylic acids is 2. The Kier molecular flexibility index (Phi) is 4.32. The van der Waals surface area contributed by atoms with E-state index in [0.29, 0.717) is 19.6 Å². The molecule has 134 valence electrons. The summed E-state index contributed by atoms with van der Waals surface area (Å²) in [6.07, 6.45) is 5.06. The average Bonchev–Trinajstić information content (AvgIpc) is 3.21. The molecule has 0 bridgehead atoms. The van der Waals surface area contributed by atoms with Gasteiger partial charge in [0.2, 0.25) is 5.91 Å². The highest BCUT2D eigenvalue weighted by Crippen LogP contribution is 2.58. The van der Waals surface area contributed by atoms with Gasteiger partial charge in [0.15, 0.2) is 0 Å². The maximum absolute atomic E-state index is 12.5. The number of rotatable bonds is 4. The van der Waals surface area contributed by atoms with Crippen LogP contribution in [0.25, 0.3) is 0 Å². The second-order valence-corrected chi connectivity index (χ2v) is 7.17. The van der Waals surface area contributed by atoms with Crippen LogP contribution in [0.1, 0.15) is 18.4 Å². The predicted molar refractivity (Wildman–Crippen MR) is 98.3 cm³/mol. The molecule has 4 rings (SSSR count). The summed E-state index contributed by atoms with van der Waals surface area (Å²) < 4.78 is 0. The van der Waals surface area contributed by atoms with Crippen LogP contribution in [0.2, 0.25) is 0 Å². The number of likely N-dealkylation sites (tertiary alicyclic amines) is 1. The molecule has 2 aromatic rings. The van der Waals surface area contributed by atoms with Crippen LogP contribution in [-0.2, 0) is 11.3 Å². The van der Waals surface area contributed by atoms with E-state index in [-0.39, 0.29) is 23.3 Å². The third-order valence-corrected chi connectivity index (χ3v) is 5.39. The molecule has 6 nitrogen and oxygen atoms in total. The predicted octanol–water partition coefficient (Wildman–Crippen LogP) is 2.64. The Morgan fingerprint density at radius 2 is 2.04 bits per heavy atom. The normalized spacial score (nSPS) is 23.7. The number of pyridine rings is 1. The summed E-state index contributed by atoms with van der Waals surface area (Å²) in [5.74, 6) is 0.0131. The van der Waals surface area contributed by atoms with E-state index in [0.717, 1.165) is 24.1 Å². The molecule has 6 heteroatoms. The van der Waals surface area contributed by atoms with Gasteiger partial charge >= 0.3 is 6.03 Å². The number of nitrogens with zero attached hydrogens (tertiary/aromatic N) is 2. The average molecular weight is 350 g/mol. The van der Waals surface area contributed by atoms with E-state index in [1.807, 2.05) is 41.3 Å². The summed E-state index contributed by atoms with van der Waals surface area (Å²) in [7, 11) is 0. The Labute approximate surface area is 152 Å². The molecular formula is C20H22N4O2. The molecule has 1 aliphatic heterocycles. The molecule has 2 heterocycles. The van der Waals surface area contributed by atoms with Gasteiger partial charge < -0.3 is 15.5 Å². The van der Waals surface area contributed by atoms with Gasteiger partial charge in [-0.1, -0.05) is 30.3 Å². The molecule has 2 N–H and O–H groups in total. The van der Waals surface area contributed by atoms with Crippen molar-refractivity contribution >= 4 is 17.6 Å². The van der Waals surface area contributed by atoms with E-state index in [1.165, 1.54) is 0 Å². The third kappa shape index (κ3) is 3.40. The van der Waals surface area contributed by atoms with Gasteiger partial charge in [-0.3, -0.25) is 9.78 Å². The third-order valence-electron chi connectivity index (χ3n) is 5.39. The highest BCUT2D eigenvalue weighted by molar-refractivity contribution is 5.95. The molecule has 1 saturated heterocycles. The smallest absolute Gasteiger partial charge is 0.317 e. The summed E-state index contributed by atoms with van der Waals surface area (Å²) in [4.78, 5) is 30.7. The van der Waals surface area contributed by atoms with Gasteiger partial charge in [0, 0.05) is 37.2 Å². The van der Waals surface area contributed by atoms with Crippen molar-refractivity contribution in [3.05, 3.63) is 60.4 Å². The van der Waals surface area contributed by atoms with E-state index >= 15 is 0 Å². The van der Waals surface area contributed by atoms with E-state index in [2.05, 4.69) is 15.6 Å². The van der Waals surface area contributed by atoms with Crippen LogP contribution in [-0.4, -0.2) is 34.9 Å². The van der Waals surface area contributed by atoms with Gasteiger partial charge in [-0.15, -0.1) is 0 Å². The monoisotopic (exact) mass is 350 g/mol. The molecule has 2 fully saturated rings. The van der Waals surface area contributed by atoms with Gasteiger partial charge in [-0.05, 0) is 30.5 Å². The molecular weight excluding hydrogens is 328 g/mol. The first kappa shape index (κ1) is 16.6. The lowest BCUT2D eigenvalue weighted by molar-refractivity contribution is -0.118. The standard InChI is InChI=1S/C20H22N4O2/c25-18(23-16-7-4-9-21-13-16)17-11-20(17)8-10-24(14-20)19(26)22-12-15-5-2-1-3-6-15/h1-7,9,13,17H,8,10-12,14H2,(H,22,26)(H,23,25)/t17-,20-/m0/s1. The fourth-order valence-corrected chi connectivity index (χ4v) is 3.79. The lowest BCUT2D eigenvalue weighted by Gasteiger charge is -2.17. The van der Waals surface area contributed by atoms with Crippen molar-refractivity contribution in [1.82, 2.24) is 15.2 Å². The minimum atomic E-state index is -0.0518. The SMILES string of the molecule is O=C(Nc1cccnc1)[C@@H]1C[C@]12CCN(C(=O)NCc1ccccc1)C2. The van der Waals surface area contributed by atoms with Crippen LogP contribution < -0.4 is 10.6 Å². The molecule has 1 saturated carbocycles. The highest BCUT2D eigenvalue weighted by Gasteiger charge is 2.61. The zero-order valence-corrected chi connectivity index (χ0v) is 14.5. The molecule has 2 aliphatic rings. The summed E-state index contributed by atoms with van der Waals surface area (Å²) in [6, 6.07) is 13.4. The molecule has 1 aliphatic carbocycles. The number of hydrogen-bond donors (Lipinski definition) is 2. The summed E-state index contributed by atoms with van der Waals surface area (Å²) in [5.41, 5.74) is 1.75. The second kappa shape index (κ2) is 6.78. The highest BCUT2D eigenvalue weighted by atomic mass is 16.2. The molecule has 0 radical (unpaired) electrons. The van der Waals surface area contributed by atoms with Crippen LogP contribution in [0, 0.1) is 11.3 Å². The molecule has 26 heavy (non-hydrogen) atoms. The number of nitrogens with one attached hydrogen (secondary N) is 2. The van der Waals surface area contributed by atoms with Gasteiger partial charge in [0.1, 0.15) is 0 Å². The van der Waals surface area contributed by atoms with Crippen molar-refractivity contribution in [2.75, 3.05) is 18.4 Å². The lowest BCUT2D eigenvalue weighted by atomic mass is 10.0. The first-order valence-electron chi connectivity index (χ1n) is 8.94. The van der Waals surface area contributed by atoms with Crippen LogP contribution in [0.3, 0.4) is 0 Å². The number of benzene rings is 1. The number of carbonyl (C=O) groups is 2. The Morgan fingerprint density at radius 1 is 1.19 bits per heavy atom. The number of hydrogen-bond acceptors (Lipinski definition) is 3. The summed E-state index contributed by atoms with van der Waals surface area (Å²) in [5, 5.41) is 5.89. The van der Waals surface area contributed by atoms with Crippen molar-refractivity contribution in [3.8, 4) is 0 Å². The lowest BCUT2D eigenvalue weighted by Crippen LogP contribution is -2.38. The molecule has 1 aromatic carbocycles. The Hall–Kier alpha value is -2.89. The zero-order chi connectivity index (χ0) is 18.0.